The van der Waals surface area contributed by atoms with E-state index in [4.69, 9.17) is 0 Å². The lowest BCUT2D eigenvalue weighted by molar-refractivity contribution is -0.189. The van der Waals surface area contributed by atoms with Crippen LogP contribution in [0.5, 0.6) is 5.75 Å². The molecule has 0 spiro atoms. The molecule has 13 heteroatoms. The predicted molar refractivity (Wildman–Crippen MR) is 226 cm³/mol. The highest BCUT2D eigenvalue weighted by molar-refractivity contribution is 5.99. The fourth-order valence-electron chi connectivity index (χ4n) is 8.65. The highest BCUT2D eigenvalue weighted by atomic mass is 16.3. The summed E-state index contributed by atoms with van der Waals surface area (Å²) in [6.07, 6.45) is 3.13. The molecule has 0 bridgehead atoms. The SMILES string of the molecule is C=CCN1CC(=O)N2[C@@H](Cc3ccc(O)cc3)C(=O)N(Cc3cccc4c(-c5ccc(C(=O)N6CCN(C)CC6)cc5)cn(C)c34)C[C@@H]2N1C(=O)NCc1ccccc1. The van der Waals surface area contributed by atoms with Crippen molar-refractivity contribution in [2.75, 3.05) is 52.9 Å². The van der Waals surface area contributed by atoms with E-state index in [-0.39, 0.29) is 68.6 Å². The van der Waals surface area contributed by atoms with Crippen LogP contribution >= 0.6 is 0 Å². The van der Waals surface area contributed by atoms with Crippen LogP contribution in [0.25, 0.3) is 22.0 Å². The number of urea groups is 1. The molecule has 59 heavy (non-hydrogen) atoms. The van der Waals surface area contributed by atoms with Gasteiger partial charge in [-0.1, -0.05) is 78.9 Å². The van der Waals surface area contributed by atoms with Crippen LogP contribution in [0.4, 0.5) is 4.79 Å². The van der Waals surface area contributed by atoms with E-state index in [1.807, 2.05) is 78.7 Å². The Morgan fingerprint density at radius 1 is 0.864 bits per heavy atom. The van der Waals surface area contributed by atoms with Gasteiger partial charge in [0.2, 0.25) is 11.8 Å². The number of benzene rings is 4. The van der Waals surface area contributed by atoms with Crippen molar-refractivity contribution in [3.05, 3.63) is 138 Å². The second kappa shape index (κ2) is 16.8. The fraction of sp³-hybridized carbons (Fsp3) is 0.304. The van der Waals surface area contributed by atoms with E-state index in [0.717, 1.165) is 51.8 Å². The number of para-hydroxylation sites is 1. The number of rotatable bonds is 10. The highest BCUT2D eigenvalue weighted by Gasteiger charge is 2.51. The summed E-state index contributed by atoms with van der Waals surface area (Å²) in [4.78, 5) is 63.8. The van der Waals surface area contributed by atoms with Crippen LogP contribution in [0.15, 0.2) is 116 Å². The maximum absolute atomic E-state index is 14.8. The van der Waals surface area contributed by atoms with Crippen molar-refractivity contribution in [2.24, 2.45) is 7.05 Å². The Bertz CT molecular complexity index is 2350. The number of hydrazine groups is 1. The summed E-state index contributed by atoms with van der Waals surface area (Å²) in [6.45, 7) is 7.78. The lowest BCUT2D eigenvalue weighted by Crippen LogP contribution is -2.76. The molecule has 3 fully saturated rings. The van der Waals surface area contributed by atoms with Crippen molar-refractivity contribution < 1.29 is 24.3 Å². The largest absolute Gasteiger partial charge is 0.508 e. The Morgan fingerprint density at radius 2 is 1.59 bits per heavy atom. The number of aromatic hydroxyl groups is 1. The molecule has 13 nitrogen and oxygen atoms in total. The number of hydrogen-bond acceptors (Lipinski definition) is 7. The zero-order valence-corrected chi connectivity index (χ0v) is 33.5. The number of hydrogen-bond donors (Lipinski definition) is 2. The molecule has 5 amide bonds. The quantitative estimate of drug-likeness (QED) is 0.197. The van der Waals surface area contributed by atoms with E-state index in [1.54, 1.807) is 50.2 Å². The molecule has 0 aliphatic carbocycles. The molecule has 2 atom stereocenters. The van der Waals surface area contributed by atoms with Crippen molar-refractivity contribution in [3.8, 4) is 16.9 Å². The summed E-state index contributed by atoms with van der Waals surface area (Å²) < 4.78 is 2.07. The van der Waals surface area contributed by atoms with Crippen LogP contribution in [0, 0.1) is 0 Å². The topological polar surface area (TPSA) is 125 Å². The van der Waals surface area contributed by atoms with Gasteiger partial charge in [-0.2, -0.15) is 0 Å². The van der Waals surface area contributed by atoms with Gasteiger partial charge in [-0.3, -0.25) is 14.4 Å². The summed E-state index contributed by atoms with van der Waals surface area (Å²) in [5.41, 5.74) is 6.20. The van der Waals surface area contributed by atoms with Crippen molar-refractivity contribution in [1.82, 2.24) is 39.5 Å². The first-order valence-electron chi connectivity index (χ1n) is 20.1. The number of fused-ring (bicyclic) bond motifs is 2. The van der Waals surface area contributed by atoms with Crippen LogP contribution in [-0.4, -0.2) is 128 Å². The zero-order valence-electron chi connectivity index (χ0n) is 33.5. The molecule has 3 saturated heterocycles. The number of carbonyl (C=O) groups excluding carboxylic acids is 4. The molecule has 4 aromatic carbocycles. The Balaban J connectivity index is 1.11. The van der Waals surface area contributed by atoms with Crippen molar-refractivity contribution >= 4 is 34.7 Å². The van der Waals surface area contributed by atoms with E-state index < -0.39 is 12.2 Å². The maximum atomic E-state index is 14.8. The van der Waals surface area contributed by atoms with E-state index in [1.165, 1.54) is 0 Å². The average Bonchev–Trinajstić information content (AvgIpc) is 3.59. The predicted octanol–water partition coefficient (Wildman–Crippen LogP) is 4.68. The van der Waals surface area contributed by atoms with Crippen LogP contribution in [-0.2, 0) is 36.1 Å². The molecule has 4 heterocycles. The number of amides is 5. The van der Waals surface area contributed by atoms with Gasteiger partial charge in [-0.25, -0.2) is 14.8 Å². The molecule has 2 N–H and O–H groups in total. The Kier molecular flexibility index (Phi) is 11.2. The number of aromatic nitrogens is 1. The Morgan fingerprint density at radius 3 is 2.31 bits per heavy atom. The smallest absolute Gasteiger partial charge is 0.334 e. The third kappa shape index (κ3) is 8.03. The van der Waals surface area contributed by atoms with E-state index >= 15 is 0 Å². The minimum Gasteiger partial charge on any atom is -0.508 e. The summed E-state index contributed by atoms with van der Waals surface area (Å²) in [6, 6.07) is 28.8. The standard InChI is InChI=1S/C46H50N8O5/c1-4-21-52-31-42(56)53-40(26-32-13-19-37(55)20-14-32)45(58)51(30-41(53)54(52)46(59)47-27-33-9-6-5-7-10-33)28-36-11-8-12-38-39(29-49(3)43(36)38)34-15-17-35(18-16-34)44(57)50-24-22-48(2)23-25-50/h4-20,29,40-41,55H,1,21-28,30-31H2,2-3H3,(H,47,59)/t40-,41-/m0/s1. The van der Waals surface area contributed by atoms with Gasteiger partial charge in [-0.15, -0.1) is 6.58 Å². The maximum Gasteiger partial charge on any atom is 0.334 e. The first-order chi connectivity index (χ1) is 28.6. The monoisotopic (exact) mass is 794 g/mol. The second-order valence-corrected chi connectivity index (χ2v) is 15.7. The molecule has 3 aliphatic heterocycles. The first kappa shape index (κ1) is 39.4. The molecule has 304 valence electrons. The molecule has 8 rings (SSSR count). The lowest BCUT2D eigenvalue weighted by atomic mass is 9.97. The molecule has 5 aromatic rings. The van der Waals surface area contributed by atoms with Crippen LogP contribution in [0.3, 0.4) is 0 Å². The van der Waals surface area contributed by atoms with Crippen molar-refractivity contribution in [3.63, 3.8) is 0 Å². The second-order valence-electron chi connectivity index (χ2n) is 15.7. The number of nitrogens with zero attached hydrogens (tertiary/aromatic N) is 7. The van der Waals surface area contributed by atoms with Crippen molar-refractivity contribution in [1.29, 1.82) is 0 Å². The third-order valence-electron chi connectivity index (χ3n) is 11.7. The Labute approximate surface area is 344 Å². The lowest BCUT2D eigenvalue weighted by Gasteiger charge is -2.55. The van der Waals surface area contributed by atoms with Gasteiger partial charge >= 0.3 is 6.03 Å². The van der Waals surface area contributed by atoms with E-state index in [9.17, 15) is 24.3 Å². The van der Waals surface area contributed by atoms with Crippen LogP contribution in [0.2, 0.25) is 0 Å². The third-order valence-corrected chi connectivity index (χ3v) is 11.7. The van der Waals surface area contributed by atoms with Gasteiger partial charge in [0.05, 0.1) is 18.6 Å². The van der Waals surface area contributed by atoms with Gasteiger partial charge in [0, 0.05) is 82.0 Å². The highest BCUT2D eigenvalue weighted by Crippen LogP contribution is 2.35. The summed E-state index contributed by atoms with van der Waals surface area (Å²) in [5.74, 6) is -0.343. The summed E-state index contributed by atoms with van der Waals surface area (Å²) in [5, 5.41) is 17.3. The van der Waals surface area contributed by atoms with Gasteiger partial charge < -0.3 is 34.6 Å². The number of piperazine rings is 2. The number of aryl methyl sites for hydroxylation is 1. The fourth-order valence-corrected chi connectivity index (χ4v) is 8.65. The van der Waals surface area contributed by atoms with E-state index in [0.29, 0.717) is 18.7 Å². The molecule has 0 saturated carbocycles. The molecular weight excluding hydrogens is 745 g/mol. The number of carbonyl (C=O) groups is 4. The molecule has 3 aliphatic rings. The number of phenols is 1. The van der Waals surface area contributed by atoms with Gasteiger partial charge in [0.15, 0.2) is 0 Å². The average molecular weight is 795 g/mol. The normalized spacial score (nSPS) is 18.9. The molecular formula is C46H50N8O5. The van der Waals surface area contributed by atoms with Gasteiger partial charge in [0.1, 0.15) is 18.0 Å². The summed E-state index contributed by atoms with van der Waals surface area (Å²) >= 11 is 0. The minimum atomic E-state index is -0.906. The van der Waals surface area contributed by atoms with Crippen LogP contribution in [0.1, 0.15) is 27.0 Å². The minimum absolute atomic E-state index is 0.0397. The molecule has 0 unspecified atom stereocenters. The zero-order chi connectivity index (χ0) is 41.2. The van der Waals surface area contributed by atoms with Crippen LogP contribution < -0.4 is 5.32 Å². The number of likely N-dealkylation sites (N-methyl/N-ethyl adjacent to an activating group) is 1. The number of nitrogens with one attached hydrogen (secondary N) is 1. The van der Waals surface area contributed by atoms with Gasteiger partial charge in [0.25, 0.3) is 5.91 Å². The molecule has 1 aromatic heterocycles. The van der Waals surface area contributed by atoms with Gasteiger partial charge in [-0.05, 0) is 53.6 Å². The number of phenolic OH excluding ortho intramolecular Hbond substituents is 1. The molecule has 0 radical (unpaired) electrons. The van der Waals surface area contributed by atoms with Crippen molar-refractivity contribution in [2.45, 2.75) is 31.7 Å². The summed E-state index contributed by atoms with van der Waals surface area (Å²) in [7, 11) is 4.06. The first-order valence-corrected chi connectivity index (χ1v) is 20.1. The van der Waals surface area contributed by atoms with E-state index in [2.05, 4.69) is 40.7 Å². The Hall–Kier alpha value is -6.44.